The monoisotopic (exact) mass is 217 g/mol. The maximum atomic E-state index is 12.8. The second-order valence-corrected chi connectivity index (χ2v) is 4.19. The van der Waals surface area contributed by atoms with Gasteiger partial charge in [-0.25, -0.2) is 4.39 Å². The van der Waals surface area contributed by atoms with E-state index in [1.807, 2.05) is 12.1 Å². The molecule has 0 radical (unpaired) electrons. The summed E-state index contributed by atoms with van der Waals surface area (Å²) in [5.41, 5.74) is 1.20. The Morgan fingerprint density at radius 3 is 2.88 bits per heavy atom. The molecule has 2 aromatic rings. The molecule has 3 rings (SSSR count). The fraction of sp³-hybridized carbons (Fsp3) is 0.333. The quantitative estimate of drug-likeness (QED) is 0.732. The van der Waals surface area contributed by atoms with Gasteiger partial charge < -0.3 is 4.57 Å². The molecule has 1 aliphatic heterocycles. The molecule has 4 heteroatoms. The van der Waals surface area contributed by atoms with Crippen molar-refractivity contribution in [3.8, 4) is 0 Å². The van der Waals surface area contributed by atoms with E-state index in [-0.39, 0.29) is 5.82 Å². The van der Waals surface area contributed by atoms with E-state index in [9.17, 15) is 4.39 Å². The van der Waals surface area contributed by atoms with Gasteiger partial charge in [0.15, 0.2) is 0 Å². The molecule has 16 heavy (non-hydrogen) atoms. The second-order valence-electron chi connectivity index (χ2n) is 4.19. The maximum absolute atomic E-state index is 12.8. The van der Waals surface area contributed by atoms with Crippen LogP contribution in [-0.2, 0) is 13.0 Å². The van der Waals surface area contributed by atoms with Crippen LogP contribution in [0, 0.1) is 5.82 Å². The van der Waals surface area contributed by atoms with Gasteiger partial charge in [0.25, 0.3) is 0 Å². The highest BCUT2D eigenvalue weighted by atomic mass is 19.1. The number of fused-ring (bicyclic) bond motifs is 1. The normalized spacial score (nSPS) is 19.4. The predicted octanol–water partition coefficient (Wildman–Crippen LogP) is 2.15. The lowest BCUT2D eigenvalue weighted by atomic mass is 9.92. The number of rotatable bonds is 1. The van der Waals surface area contributed by atoms with E-state index < -0.39 is 0 Å². The van der Waals surface area contributed by atoms with Crippen molar-refractivity contribution in [2.45, 2.75) is 25.3 Å². The van der Waals surface area contributed by atoms with Crippen molar-refractivity contribution in [1.29, 1.82) is 0 Å². The van der Waals surface area contributed by atoms with Gasteiger partial charge >= 0.3 is 0 Å². The van der Waals surface area contributed by atoms with Crippen molar-refractivity contribution in [3.05, 3.63) is 47.8 Å². The highest BCUT2D eigenvalue weighted by molar-refractivity contribution is 5.21. The Balaban J connectivity index is 1.86. The van der Waals surface area contributed by atoms with Gasteiger partial charge in [-0.2, -0.15) is 0 Å². The number of hydrogen-bond acceptors (Lipinski definition) is 2. The van der Waals surface area contributed by atoms with Crippen LogP contribution in [0.3, 0.4) is 0 Å². The van der Waals surface area contributed by atoms with Crippen LogP contribution in [0.15, 0.2) is 30.6 Å². The zero-order valence-electron chi connectivity index (χ0n) is 8.81. The highest BCUT2D eigenvalue weighted by Crippen LogP contribution is 2.27. The van der Waals surface area contributed by atoms with Crippen LogP contribution in [0.5, 0.6) is 0 Å². The topological polar surface area (TPSA) is 30.7 Å². The van der Waals surface area contributed by atoms with Crippen molar-refractivity contribution in [2.24, 2.45) is 0 Å². The SMILES string of the molecule is Fc1ccc(C2CCc3nncn3C2)cc1. The number of nitrogens with zero attached hydrogens (tertiary/aromatic N) is 3. The van der Waals surface area contributed by atoms with Crippen LogP contribution < -0.4 is 0 Å². The van der Waals surface area contributed by atoms with Crippen LogP contribution >= 0.6 is 0 Å². The van der Waals surface area contributed by atoms with Gasteiger partial charge in [-0.15, -0.1) is 10.2 Å². The smallest absolute Gasteiger partial charge is 0.132 e. The molecule has 1 atom stereocenters. The first-order valence-electron chi connectivity index (χ1n) is 5.45. The van der Waals surface area contributed by atoms with E-state index in [2.05, 4.69) is 14.8 Å². The van der Waals surface area contributed by atoms with E-state index in [0.717, 1.165) is 25.2 Å². The Labute approximate surface area is 92.9 Å². The predicted molar refractivity (Wildman–Crippen MR) is 57.5 cm³/mol. The molecule has 0 spiro atoms. The third kappa shape index (κ3) is 1.60. The first kappa shape index (κ1) is 9.51. The van der Waals surface area contributed by atoms with Crippen molar-refractivity contribution < 1.29 is 4.39 Å². The van der Waals surface area contributed by atoms with E-state index in [1.165, 1.54) is 17.7 Å². The molecular weight excluding hydrogens is 205 g/mol. The molecule has 0 saturated carbocycles. The van der Waals surface area contributed by atoms with Crippen molar-refractivity contribution >= 4 is 0 Å². The zero-order valence-corrected chi connectivity index (χ0v) is 8.81. The molecule has 0 amide bonds. The van der Waals surface area contributed by atoms with Gasteiger partial charge in [-0.05, 0) is 24.1 Å². The number of aryl methyl sites for hydroxylation is 1. The number of hydrogen-bond donors (Lipinski definition) is 0. The average molecular weight is 217 g/mol. The summed E-state index contributed by atoms with van der Waals surface area (Å²) in [6.45, 7) is 0.897. The standard InChI is InChI=1S/C12H12FN3/c13-11-4-1-9(2-5-11)10-3-6-12-15-14-8-16(12)7-10/h1-2,4-5,8,10H,3,6-7H2. The summed E-state index contributed by atoms with van der Waals surface area (Å²) < 4.78 is 14.9. The summed E-state index contributed by atoms with van der Waals surface area (Å²) >= 11 is 0. The lowest BCUT2D eigenvalue weighted by Crippen LogP contribution is -2.18. The zero-order chi connectivity index (χ0) is 11.0. The third-order valence-electron chi connectivity index (χ3n) is 3.17. The fourth-order valence-electron chi connectivity index (χ4n) is 2.26. The Kier molecular flexibility index (Phi) is 2.20. The molecular formula is C12H12FN3. The highest BCUT2D eigenvalue weighted by Gasteiger charge is 2.20. The minimum atomic E-state index is -0.176. The Morgan fingerprint density at radius 2 is 2.06 bits per heavy atom. The van der Waals surface area contributed by atoms with Crippen LogP contribution in [0.1, 0.15) is 23.7 Å². The van der Waals surface area contributed by atoms with Crippen molar-refractivity contribution in [1.82, 2.24) is 14.8 Å². The fourth-order valence-corrected chi connectivity index (χ4v) is 2.26. The largest absolute Gasteiger partial charge is 0.317 e. The third-order valence-corrected chi connectivity index (χ3v) is 3.17. The van der Waals surface area contributed by atoms with E-state index in [1.54, 1.807) is 6.33 Å². The summed E-state index contributed by atoms with van der Waals surface area (Å²) in [7, 11) is 0. The van der Waals surface area contributed by atoms with Crippen LogP contribution in [0.25, 0.3) is 0 Å². The molecule has 0 aliphatic carbocycles. The molecule has 0 N–H and O–H groups in total. The van der Waals surface area contributed by atoms with Gasteiger partial charge in [0.2, 0.25) is 0 Å². The number of halogens is 1. The van der Waals surface area contributed by atoms with Gasteiger partial charge in [-0.1, -0.05) is 12.1 Å². The van der Waals surface area contributed by atoms with Gasteiger partial charge in [-0.3, -0.25) is 0 Å². The number of benzene rings is 1. The first-order chi connectivity index (χ1) is 7.83. The van der Waals surface area contributed by atoms with E-state index in [4.69, 9.17) is 0 Å². The first-order valence-corrected chi connectivity index (χ1v) is 5.45. The minimum Gasteiger partial charge on any atom is -0.317 e. The van der Waals surface area contributed by atoms with Crippen LogP contribution in [0.2, 0.25) is 0 Å². The number of aromatic nitrogens is 3. The molecule has 82 valence electrons. The molecule has 3 nitrogen and oxygen atoms in total. The molecule has 1 aromatic heterocycles. The molecule has 0 saturated heterocycles. The Hall–Kier alpha value is -1.71. The minimum absolute atomic E-state index is 0.176. The summed E-state index contributed by atoms with van der Waals surface area (Å²) in [6.07, 6.45) is 3.78. The maximum Gasteiger partial charge on any atom is 0.132 e. The average Bonchev–Trinajstić information content (AvgIpc) is 2.77. The van der Waals surface area contributed by atoms with E-state index in [0.29, 0.717) is 5.92 Å². The molecule has 1 unspecified atom stereocenters. The van der Waals surface area contributed by atoms with Gasteiger partial charge in [0.05, 0.1) is 0 Å². The Morgan fingerprint density at radius 1 is 1.25 bits per heavy atom. The van der Waals surface area contributed by atoms with E-state index >= 15 is 0 Å². The van der Waals surface area contributed by atoms with Crippen molar-refractivity contribution in [2.75, 3.05) is 0 Å². The molecule has 2 heterocycles. The lowest BCUT2D eigenvalue weighted by Gasteiger charge is -2.23. The molecule has 0 bridgehead atoms. The second kappa shape index (κ2) is 3.70. The lowest BCUT2D eigenvalue weighted by molar-refractivity contribution is 0.455. The van der Waals surface area contributed by atoms with Gasteiger partial charge in [0, 0.05) is 18.9 Å². The molecule has 0 fully saturated rings. The molecule has 1 aliphatic rings. The summed E-state index contributed by atoms with van der Waals surface area (Å²) in [4.78, 5) is 0. The van der Waals surface area contributed by atoms with Crippen LogP contribution in [-0.4, -0.2) is 14.8 Å². The van der Waals surface area contributed by atoms with Gasteiger partial charge in [0.1, 0.15) is 18.0 Å². The van der Waals surface area contributed by atoms with Crippen LogP contribution in [0.4, 0.5) is 4.39 Å². The van der Waals surface area contributed by atoms with Crippen molar-refractivity contribution in [3.63, 3.8) is 0 Å². The Bertz CT molecular complexity index is 489. The molecule has 1 aromatic carbocycles. The summed E-state index contributed by atoms with van der Waals surface area (Å²) in [5, 5.41) is 7.95. The summed E-state index contributed by atoms with van der Waals surface area (Å²) in [6, 6.07) is 6.79. The summed E-state index contributed by atoms with van der Waals surface area (Å²) in [5.74, 6) is 1.33.